The normalized spacial score (nSPS) is 13.3. The molecule has 1 aromatic rings. The predicted octanol–water partition coefficient (Wildman–Crippen LogP) is 4.70. The summed E-state index contributed by atoms with van der Waals surface area (Å²) >= 11 is 6.11. The molecule has 3 heteroatoms. The molecule has 2 nitrogen and oxygen atoms in total. The van der Waals surface area contributed by atoms with Crippen molar-refractivity contribution in [1.29, 1.82) is 0 Å². The standard InChI is InChI=1S/C17H28ClNO/c1-6-7-13(12-19-17(2,3)4)10-14-11-15(18)8-9-16(14)20-5/h8-9,11,13,19H,6-7,10,12H2,1-5H3. The number of hydrogen-bond donors (Lipinski definition) is 1. The van der Waals surface area contributed by atoms with Crippen molar-refractivity contribution in [2.75, 3.05) is 13.7 Å². The minimum Gasteiger partial charge on any atom is -0.496 e. The Morgan fingerprint density at radius 2 is 2.00 bits per heavy atom. The summed E-state index contributed by atoms with van der Waals surface area (Å²) in [4.78, 5) is 0. The summed E-state index contributed by atoms with van der Waals surface area (Å²) in [6.45, 7) is 9.87. The Balaban J connectivity index is 2.76. The first-order valence-electron chi connectivity index (χ1n) is 7.43. The van der Waals surface area contributed by atoms with E-state index in [0.717, 1.165) is 23.7 Å². The summed E-state index contributed by atoms with van der Waals surface area (Å²) in [5, 5.41) is 4.38. The highest BCUT2D eigenvalue weighted by atomic mass is 35.5. The van der Waals surface area contributed by atoms with Gasteiger partial charge in [-0.25, -0.2) is 0 Å². The summed E-state index contributed by atoms with van der Waals surface area (Å²) in [6.07, 6.45) is 3.40. The Morgan fingerprint density at radius 1 is 1.30 bits per heavy atom. The zero-order valence-corrected chi connectivity index (χ0v) is 14.2. The van der Waals surface area contributed by atoms with Crippen LogP contribution in [0.4, 0.5) is 0 Å². The van der Waals surface area contributed by atoms with Crippen LogP contribution in [0.5, 0.6) is 5.75 Å². The zero-order valence-electron chi connectivity index (χ0n) is 13.4. The van der Waals surface area contributed by atoms with Gasteiger partial charge in [0, 0.05) is 10.6 Å². The van der Waals surface area contributed by atoms with Crippen molar-refractivity contribution in [1.82, 2.24) is 5.32 Å². The highest BCUT2D eigenvalue weighted by Crippen LogP contribution is 2.26. The van der Waals surface area contributed by atoms with Gasteiger partial charge < -0.3 is 10.1 Å². The molecule has 1 unspecified atom stereocenters. The van der Waals surface area contributed by atoms with Gasteiger partial charge in [0.2, 0.25) is 0 Å². The van der Waals surface area contributed by atoms with E-state index >= 15 is 0 Å². The fraction of sp³-hybridized carbons (Fsp3) is 0.647. The average molecular weight is 298 g/mol. The predicted molar refractivity (Wildman–Crippen MR) is 87.9 cm³/mol. The lowest BCUT2D eigenvalue weighted by molar-refractivity contribution is 0.349. The highest BCUT2D eigenvalue weighted by Gasteiger charge is 2.16. The van der Waals surface area contributed by atoms with Gasteiger partial charge in [0.25, 0.3) is 0 Å². The van der Waals surface area contributed by atoms with Crippen LogP contribution in [0.2, 0.25) is 5.02 Å². The van der Waals surface area contributed by atoms with Crippen LogP contribution >= 0.6 is 11.6 Å². The second-order valence-corrected chi connectivity index (χ2v) is 6.88. The minimum absolute atomic E-state index is 0.157. The quantitative estimate of drug-likeness (QED) is 0.788. The van der Waals surface area contributed by atoms with Crippen LogP contribution in [-0.2, 0) is 6.42 Å². The molecule has 0 aliphatic heterocycles. The molecule has 1 atom stereocenters. The Bertz CT molecular complexity index is 412. The maximum Gasteiger partial charge on any atom is 0.122 e. The van der Waals surface area contributed by atoms with Crippen molar-refractivity contribution in [3.05, 3.63) is 28.8 Å². The van der Waals surface area contributed by atoms with Gasteiger partial charge in [-0.3, -0.25) is 0 Å². The molecule has 20 heavy (non-hydrogen) atoms. The summed E-state index contributed by atoms with van der Waals surface area (Å²) in [6, 6.07) is 5.87. The molecule has 0 heterocycles. The maximum atomic E-state index is 6.11. The molecule has 1 rings (SSSR count). The number of nitrogens with one attached hydrogen (secondary N) is 1. The van der Waals surface area contributed by atoms with Crippen molar-refractivity contribution >= 4 is 11.6 Å². The van der Waals surface area contributed by atoms with Gasteiger partial charge in [-0.15, -0.1) is 0 Å². The first-order chi connectivity index (χ1) is 9.35. The van der Waals surface area contributed by atoms with E-state index in [9.17, 15) is 0 Å². The smallest absolute Gasteiger partial charge is 0.122 e. The van der Waals surface area contributed by atoms with Crippen LogP contribution < -0.4 is 10.1 Å². The van der Waals surface area contributed by atoms with Crippen molar-refractivity contribution in [3.8, 4) is 5.75 Å². The second-order valence-electron chi connectivity index (χ2n) is 6.45. The van der Waals surface area contributed by atoms with Crippen molar-refractivity contribution in [3.63, 3.8) is 0 Å². The highest BCUT2D eigenvalue weighted by molar-refractivity contribution is 6.30. The maximum absolute atomic E-state index is 6.11. The first-order valence-corrected chi connectivity index (χ1v) is 7.81. The van der Waals surface area contributed by atoms with Gasteiger partial charge in [-0.2, -0.15) is 0 Å². The van der Waals surface area contributed by atoms with Crippen molar-refractivity contribution < 1.29 is 4.74 Å². The molecule has 0 aliphatic carbocycles. The number of ether oxygens (including phenoxy) is 1. The second kappa shape index (κ2) is 7.90. The van der Waals surface area contributed by atoms with Crippen LogP contribution in [0.15, 0.2) is 18.2 Å². The number of hydrogen-bond acceptors (Lipinski definition) is 2. The van der Waals surface area contributed by atoms with Gasteiger partial charge in [-0.1, -0.05) is 24.9 Å². The molecule has 0 saturated heterocycles. The van der Waals surface area contributed by atoms with Crippen LogP contribution in [0, 0.1) is 5.92 Å². The fourth-order valence-corrected chi connectivity index (χ4v) is 2.55. The fourth-order valence-electron chi connectivity index (χ4n) is 2.35. The van der Waals surface area contributed by atoms with E-state index in [1.165, 1.54) is 18.4 Å². The Labute approximate surface area is 128 Å². The Hall–Kier alpha value is -0.730. The molecule has 0 aliphatic rings. The SMILES string of the molecule is CCCC(CNC(C)(C)C)Cc1cc(Cl)ccc1OC. The topological polar surface area (TPSA) is 21.3 Å². The van der Waals surface area contributed by atoms with Gasteiger partial charge in [-0.05, 0) is 69.8 Å². The Morgan fingerprint density at radius 3 is 2.55 bits per heavy atom. The molecule has 1 N–H and O–H groups in total. The zero-order chi connectivity index (χ0) is 15.2. The van der Waals surface area contributed by atoms with E-state index in [-0.39, 0.29) is 5.54 Å². The summed E-state index contributed by atoms with van der Waals surface area (Å²) < 4.78 is 5.45. The third-order valence-corrected chi connectivity index (χ3v) is 3.60. The van der Waals surface area contributed by atoms with Crippen LogP contribution in [0.3, 0.4) is 0 Å². The summed E-state index contributed by atoms with van der Waals surface area (Å²) in [5.41, 5.74) is 1.36. The molecular weight excluding hydrogens is 270 g/mol. The molecule has 114 valence electrons. The van der Waals surface area contributed by atoms with E-state index < -0.39 is 0 Å². The minimum atomic E-state index is 0.157. The average Bonchev–Trinajstić information content (AvgIpc) is 2.35. The monoisotopic (exact) mass is 297 g/mol. The van der Waals surface area contributed by atoms with Crippen LogP contribution in [0.1, 0.15) is 46.1 Å². The Kier molecular flexibility index (Phi) is 6.84. The molecule has 0 radical (unpaired) electrons. The van der Waals surface area contributed by atoms with E-state index in [1.54, 1.807) is 7.11 Å². The van der Waals surface area contributed by atoms with Gasteiger partial charge >= 0.3 is 0 Å². The molecule has 0 fully saturated rings. The number of rotatable bonds is 7. The van der Waals surface area contributed by atoms with Crippen LogP contribution in [-0.4, -0.2) is 19.2 Å². The number of benzene rings is 1. The molecule has 1 aromatic carbocycles. The lowest BCUT2D eigenvalue weighted by atomic mass is 9.93. The molecule has 0 bridgehead atoms. The van der Waals surface area contributed by atoms with Crippen molar-refractivity contribution in [2.45, 2.75) is 52.5 Å². The molecule has 0 aromatic heterocycles. The largest absolute Gasteiger partial charge is 0.496 e. The summed E-state index contributed by atoms with van der Waals surface area (Å²) in [7, 11) is 1.72. The van der Waals surface area contributed by atoms with Gasteiger partial charge in [0.05, 0.1) is 7.11 Å². The van der Waals surface area contributed by atoms with Crippen LogP contribution in [0.25, 0.3) is 0 Å². The third kappa shape index (κ3) is 6.15. The summed E-state index contributed by atoms with van der Waals surface area (Å²) in [5.74, 6) is 1.54. The van der Waals surface area contributed by atoms with E-state index in [0.29, 0.717) is 5.92 Å². The van der Waals surface area contributed by atoms with E-state index in [2.05, 4.69) is 33.0 Å². The molecular formula is C17H28ClNO. The van der Waals surface area contributed by atoms with Crippen molar-refractivity contribution in [2.24, 2.45) is 5.92 Å². The van der Waals surface area contributed by atoms with Gasteiger partial charge in [0.15, 0.2) is 0 Å². The number of methoxy groups -OCH3 is 1. The molecule has 0 spiro atoms. The molecule has 0 amide bonds. The van der Waals surface area contributed by atoms with E-state index in [4.69, 9.17) is 16.3 Å². The van der Waals surface area contributed by atoms with E-state index in [1.807, 2.05) is 18.2 Å². The lowest BCUT2D eigenvalue weighted by Gasteiger charge is -2.25. The molecule has 0 saturated carbocycles. The lowest BCUT2D eigenvalue weighted by Crippen LogP contribution is -2.39. The third-order valence-electron chi connectivity index (χ3n) is 3.37. The number of halogens is 1. The first kappa shape index (κ1) is 17.3. The van der Waals surface area contributed by atoms with Gasteiger partial charge in [0.1, 0.15) is 5.75 Å².